The van der Waals surface area contributed by atoms with E-state index in [0.29, 0.717) is 6.04 Å². The molecule has 0 saturated carbocycles. The van der Waals surface area contributed by atoms with Gasteiger partial charge in [0, 0.05) is 61.3 Å². The van der Waals surface area contributed by atoms with Crippen molar-refractivity contribution in [1.29, 1.82) is 0 Å². The molecule has 0 radical (unpaired) electrons. The second-order valence-electron chi connectivity index (χ2n) is 10.1. The van der Waals surface area contributed by atoms with Gasteiger partial charge in [0.1, 0.15) is 11.5 Å². The van der Waals surface area contributed by atoms with Gasteiger partial charge in [-0.2, -0.15) is 0 Å². The third kappa shape index (κ3) is 7.07. The SMILES string of the molecule is CC1CC(C)CN([C@H](C)CCN(C)c2ccc(C#Cc3ccc(-c4ccc(Cl)cc4)cn3)cn2)C1. The number of anilines is 1. The highest BCUT2D eigenvalue weighted by atomic mass is 35.5. The largest absolute Gasteiger partial charge is 0.360 e. The first-order valence-corrected chi connectivity index (χ1v) is 12.9. The van der Waals surface area contributed by atoms with Crippen LogP contribution in [-0.4, -0.2) is 47.6 Å². The molecule has 35 heavy (non-hydrogen) atoms. The van der Waals surface area contributed by atoms with E-state index in [0.717, 1.165) is 58.0 Å². The molecule has 0 N–H and O–H groups in total. The lowest BCUT2D eigenvalue weighted by Gasteiger charge is -2.39. The van der Waals surface area contributed by atoms with E-state index in [-0.39, 0.29) is 0 Å². The van der Waals surface area contributed by atoms with E-state index in [4.69, 9.17) is 11.6 Å². The molecule has 2 unspecified atom stereocenters. The van der Waals surface area contributed by atoms with Crippen LogP contribution in [0.15, 0.2) is 60.9 Å². The van der Waals surface area contributed by atoms with Crippen molar-refractivity contribution in [2.45, 2.75) is 39.7 Å². The first kappa shape index (κ1) is 25.2. The predicted molar refractivity (Wildman–Crippen MR) is 147 cm³/mol. The van der Waals surface area contributed by atoms with Crippen molar-refractivity contribution in [3.63, 3.8) is 0 Å². The molecule has 5 heteroatoms. The maximum absolute atomic E-state index is 5.97. The third-order valence-electron chi connectivity index (χ3n) is 6.82. The van der Waals surface area contributed by atoms with Gasteiger partial charge in [-0.1, -0.05) is 49.6 Å². The molecule has 1 aromatic carbocycles. The van der Waals surface area contributed by atoms with Gasteiger partial charge in [-0.25, -0.2) is 9.97 Å². The molecule has 1 fully saturated rings. The summed E-state index contributed by atoms with van der Waals surface area (Å²) in [5.41, 5.74) is 3.74. The van der Waals surface area contributed by atoms with Gasteiger partial charge in [-0.15, -0.1) is 0 Å². The number of hydrogen-bond donors (Lipinski definition) is 0. The summed E-state index contributed by atoms with van der Waals surface area (Å²) in [5.74, 6) is 8.89. The Labute approximate surface area is 215 Å². The molecule has 3 aromatic rings. The quantitative estimate of drug-likeness (QED) is 0.378. The van der Waals surface area contributed by atoms with Crippen molar-refractivity contribution < 1.29 is 0 Å². The smallest absolute Gasteiger partial charge is 0.128 e. The average Bonchev–Trinajstić information content (AvgIpc) is 2.86. The van der Waals surface area contributed by atoms with Crippen LogP contribution in [0.4, 0.5) is 5.82 Å². The normalized spacial score (nSPS) is 19.0. The maximum atomic E-state index is 5.97. The van der Waals surface area contributed by atoms with E-state index in [1.807, 2.05) is 54.9 Å². The van der Waals surface area contributed by atoms with E-state index in [1.54, 1.807) is 0 Å². The second-order valence-corrected chi connectivity index (χ2v) is 10.5. The molecule has 1 aliphatic heterocycles. The standard InChI is InChI=1S/C30H35ClN4/c1-22-17-23(2)21-35(20-22)24(3)15-16-34(4)30-14-6-25(18-33-30)5-12-29-13-9-27(19-32-29)26-7-10-28(31)11-8-26/h6-11,13-14,18-19,22-24H,15-17,20-21H2,1-4H3/t22?,23?,24-/m1/s1. The zero-order valence-electron chi connectivity index (χ0n) is 21.2. The van der Waals surface area contributed by atoms with E-state index in [9.17, 15) is 0 Å². The number of likely N-dealkylation sites (tertiary alicyclic amines) is 1. The Balaban J connectivity index is 1.31. The highest BCUT2D eigenvalue weighted by Crippen LogP contribution is 2.24. The van der Waals surface area contributed by atoms with E-state index in [1.165, 1.54) is 19.5 Å². The van der Waals surface area contributed by atoms with Gasteiger partial charge >= 0.3 is 0 Å². The summed E-state index contributed by atoms with van der Waals surface area (Å²) in [4.78, 5) is 14.0. The molecule has 3 heterocycles. The van der Waals surface area contributed by atoms with Gasteiger partial charge in [0.2, 0.25) is 0 Å². The van der Waals surface area contributed by atoms with Gasteiger partial charge < -0.3 is 9.80 Å². The summed E-state index contributed by atoms with van der Waals surface area (Å²) in [6, 6.07) is 16.4. The van der Waals surface area contributed by atoms with Gasteiger partial charge in [-0.3, -0.25) is 0 Å². The summed E-state index contributed by atoms with van der Waals surface area (Å²) >= 11 is 5.97. The predicted octanol–water partition coefficient (Wildman–Crippen LogP) is 6.39. The summed E-state index contributed by atoms with van der Waals surface area (Å²) < 4.78 is 0. The lowest BCUT2D eigenvalue weighted by molar-refractivity contribution is 0.0997. The molecule has 182 valence electrons. The van der Waals surface area contributed by atoms with Crippen molar-refractivity contribution in [2.75, 3.05) is 31.6 Å². The van der Waals surface area contributed by atoms with Crippen LogP contribution in [0.25, 0.3) is 11.1 Å². The minimum absolute atomic E-state index is 0.589. The van der Waals surface area contributed by atoms with Crippen LogP contribution >= 0.6 is 11.6 Å². The maximum Gasteiger partial charge on any atom is 0.128 e. The molecule has 4 rings (SSSR count). The van der Waals surface area contributed by atoms with Crippen molar-refractivity contribution in [1.82, 2.24) is 14.9 Å². The van der Waals surface area contributed by atoms with Crippen molar-refractivity contribution in [3.05, 3.63) is 77.2 Å². The number of pyridine rings is 2. The third-order valence-corrected chi connectivity index (χ3v) is 7.07. The number of piperidine rings is 1. The lowest BCUT2D eigenvalue weighted by atomic mass is 9.90. The Morgan fingerprint density at radius 3 is 2.29 bits per heavy atom. The van der Waals surface area contributed by atoms with Crippen LogP contribution in [0.3, 0.4) is 0 Å². The molecule has 4 nitrogen and oxygen atoms in total. The molecular weight excluding hydrogens is 452 g/mol. The first-order valence-electron chi connectivity index (χ1n) is 12.5. The van der Waals surface area contributed by atoms with Crippen LogP contribution in [-0.2, 0) is 0 Å². The average molecular weight is 487 g/mol. The lowest BCUT2D eigenvalue weighted by Crippen LogP contribution is -2.44. The van der Waals surface area contributed by atoms with Gasteiger partial charge in [0.25, 0.3) is 0 Å². The Hall–Kier alpha value is -2.87. The molecule has 2 aromatic heterocycles. The highest BCUT2D eigenvalue weighted by Gasteiger charge is 2.25. The molecule has 0 amide bonds. The molecular formula is C30H35ClN4. The first-order chi connectivity index (χ1) is 16.9. The fourth-order valence-corrected chi connectivity index (χ4v) is 4.98. The number of halogens is 1. The summed E-state index contributed by atoms with van der Waals surface area (Å²) in [6.45, 7) is 10.5. The molecule has 1 aliphatic rings. The zero-order valence-corrected chi connectivity index (χ0v) is 22.0. The summed E-state index contributed by atoms with van der Waals surface area (Å²) in [5, 5.41) is 0.728. The molecule has 0 spiro atoms. The Morgan fingerprint density at radius 2 is 1.66 bits per heavy atom. The molecule has 0 bridgehead atoms. The van der Waals surface area contributed by atoms with Gasteiger partial charge in [0.05, 0.1) is 0 Å². The molecule has 3 atom stereocenters. The van der Waals surface area contributed by atoms with Crippen molar-refractivity contribution >= 4 is 17.4 Å². The van der Waals surface area contributed by atoms with Crippen LogP contribution in [0.1, 0.15) is 44.9 Å². The van der Waals surface area contributed by atoms with Gasteiger partial charge in [0.15, 0.2) is 0 Å². The molecule has 1 saturated heterocycles. The number of aromatic nitrogens is 2. The Morgan fingerprint density at radius 1 is 0.943 bits per heavy atom. The fourth-order valence-electron chi connectivity index (χ4n) is 4.85. The summed E-state index contributed by atoms with van der Waals surface area (Å²) in [7, 11) is 2.12. The zero-order chi connectivity index (χ0) is 24.8. The number of benzene rings is 1. The van der Waals surface area contributed by atoms with Crippen LogP contribution in [0.2, 0.25) is 5.02 Å². The second kappa shape index (κ2) is 11.7. The monoisotopic (exact) mass is 486 g/mol. The Bertz CT molecular complexity index is 1140. The molecule has 0 aliphatic carbocycles. The van der Waals surface area contributed by atoms with E-state index >= 15 is 0 Å². The number of rotatable bonds is 6. The van der Waals surface area contributed by atoms with Crippen LogP contribution < -0.4 is 4.90 Å². The fraction of sp³-hybridized carbons (Fsp3) is 0.400. The number of nitrogens with zero attached hydrogens (tertiary/aromatic N) is 4. The van der Waals surface area contributed by atoms with Crippen LogP contribution in [0.5, 0.6) is 0 Å². The van der Waals surface area contributed by atoms with E-state index < -0.39 is 0 Å². The Kier molecular flexibility index (Phi) is 8.44. The summed E-state index contributed by atoms with van der Waals surface area (Å²) in [6.07, 6.45) is 6.18. The topological polar surface area (TPSA) is 32.3 Å². The van der Waals surface area contributed by atoms with Crippen molar-refractivity contribution in [2.24, 2.45) is 11.8 Å². The number of hydrogen-bond acceptors (Lipinski definition) is 4. The van der Waals surface area contributed by atoms with Crippen molar-refractivity contribution in [3.8, 4) is 23.0 Å². The van der Waals surface area contributed by atoms with Crippen LogP contribution in [0, 0.1) is 23.7 Å². The minimum atomic E-state index is 0.589. The van der Waals surface area contributed by atoms with E-state index in [2.05, 4.69) is 65.5 Å². The van der Waals surface area contributed by atoms with Gasteiger partial charge in [-0.05, 0) is 73.4 Å². The highest BCUT2D eigenvalue weighted by molar-refractivity contribution is 6.30. The minimum Gasteiger partial charge on any atom is -0.360 e.